The minimum Gasteiger partial charge on any atom is -0.316 e. The zero-order valence-corrected chi connectivity index (χ0v) is 8.90. The van der Waals surface area contributed by atoms with Gasteiger partial charge in [-0.1, -0.05) is 0 Å². The predicted molar refractivity (Wildman–Crippen MR) is 63.2 cm³/mol. The zero-order chi connectivity index (χ0) is 11.8. The van der Waals surface area contributed by atoms with Crippen molar-refractivity contribution in [3.63, 3.8) is 0 Å². The molecule has 0 fully saturated rings. The second-order valence-corrected chi connectivity index (χ2v) is 3.87. The smallest absolute Gasteiger partial charge is 0.125 e. The van der Waals surface area contributed by atoms with Crippen LogP contribution in [-0.2, 0) is 0 Å². The van der Waals surface area contributed by atoms with Crippen LogP contribution >= 0.6 is 0 Å². The summed E-state index contributed by atoms with van der Waals surface area (Å²) in [6.07, 6.45) is 1.84. The lowest BCUT2D eigenvalue weighted by Gasteiger charge is -2.05. The van der Waals surface area contributed by atoms with Gasteiger partial charge in [-0.25, -0.2) is 8.78 Å². The van der Waals surface area contributed by atoms with E-state index in [1.165, 1.54) is 24.3 Å². The van der Waals surface area contributed by atoms with E-state index in [1.54, 1.807) is 18.2 Å². The first-order valence-corrected chi connectivity index (χ1v) is 5.26. The van der Waals surface area contributed by atoms with E-state index < -0.39 is 0 Å². The number of fused-ring (bicyclic) bond motifs is 1. The first-order valence-electron chi connectivity index (χ1n) is 5.26. The summed E-state index contributed by atoms with van der Waals surface area (Å²) in [4.78, 5) is 0. The molecule has 0 N–H and O–H groups in total. The minimum absolute atomic E-state index is 0.278. The topological polar surface area (TPSA) is 4.93 Å². The van der Waals surface area contributed by atoms with Crippen molar-refractivity contribution in [1.29, 1.82) is 0 Å². The highest BCUT2D eigenvalue weighted by Crippen LogP contribution is 2.21. The Hall–Kier alpha value is -2.16. The number of hydrogen-bond donors (Lipinski definition) is 0. The first-order chi connectivity index (χ1) is 8.24. The van der Waals surface area contributed by atoms with Crippen LogP contribution in [0.5, 0.6) is 0 Å². The summed E-state index contributed by atoms with van der Waals surface area (Å²) in [6, 6.07) is 12.6. The van der Waals surface area contributed by atoms with Crippen LogP contribution in [-0.4, -0.2) is 4.57 Å². The molecule has 3 aromatic rings. The Balaban J connectivity index is 2.23. The van der Waals surface area contributed by atoms with Gasteiger partial charge in [0.05, 0.1) is 5.52 Å². The summed E-state index contributed by atoms with van der Waals surface area (Å²) < 4.78 is 27.9. The Labute approximate surface area is 96.9 Å². The van der Waals surface area contributed by atoms with E-state index >= 15 is 0 Å². The molecule has 0 amide bonds. The molecule has 0 aliphatic heterocycles. The van der Waals surface area contributed by atoms with Crippen molar-refractivity contribution in [3.05, 3.63) is 66.4 Å². The number of aromatic nitrogens is 1. The molecule has 0 aliphatic rings. The normalized spacial score (nSPS) is 10.9. The van der Waals surface area contributed by atoms with Gasteiger partial charge in [-0.3, -0.25) is 0 Å². The Morgan fingerprint density at radius 2 is 1.47 bits per heavy atom. The first kappa shape index (κ1) is 10.0. The van der Waals surface area contributed by atoms with E-state index in [0.29, 0.717) is 0 Å². The largest absolute Gasteiger partial charge is 0.316 e. The van der Waals surface area contributed by atoms with Crippen molar-refractivity contribution in [3.8, 4) is 5.69 Å². The van der Waals surface area contributed by atoms with Crippen molar-refractivity contribution in [2.45, 2.75) is 0 Å². The van der Waals surface area contributed by atoms with Crippen LogP contribution in [0.25, 0.3) is 16.6 Å². The van der Waals surface area contributed by atoms with E-state index in [-0.39, 0.29) is 11.6 Å². The van der Waals surface area contributed by atoms with Crippen molar-refractivity contribution in [1.82, 2.24) is 4.57 Å². The lowest BCUT2D eigenvalue weighted by Crippen LogP contribution is -1.92. The molecule has 1 nitrogen and oxygen atoms in total. The number of nitrogens with zero attached hydrogens (tertiary/aromatic N) is 1. The van der Waals surface area contributed by atoms with Gasteiger partial charge in [-0.2, -0.15) is 0 Å². The van der Waals surface area contributed by atoms with Gasteiger partial charge in [0, 0.05) is 17.3 Å². The predicted octanol–water partition coefficient (Wildman–Crippen LogP) is 3.91. The van der Waals surface area contributed by atoms with E-state index in [9.17, 15) is 8.78 Å². The Kier molecular flexibility index (Phi) is 2.18. The monoisotopic (exact) mass is 229 g/mol. The third kappa shape index (κ3) is 1.69. The zero-order valence-electron chi connectivity index (χ0n) is 8.90. The quantitative estimate of drug-likeness (QED) is 0.596. The van der Waals surface area contributed by atoms with Gasteiger partial charge in [-0.05, 0) is 48.5 Å². The molecular formula is C14H9F2N. The van der Waals surface area contributed by atoms with Crippen molar-refractivity contribution < 1.29 is 8.78 Å². The lowest BCUT2D eigenvalue weighted by molar-refractivity contribution is 0.627. The summed E-state index contributed by atoms with van der Waals surface area (Å²) in [5, 5.41) is 0.954. The molecule has 0 bridgehead atoms. The average Bonchev–Trinajstić information content (AvgIpc) is 2.73. The van der Waals surface area contributed by atoms with Gasteiger partial charge in [0.25, 0.3) is 0 Å². The van der Waals surface area contributed by atoms with Crippen LogP contribution in [0.4, 0.5) is 8.78 Å². The number of hydrogen-bond acceptors (Lipinski definition) is 0. The highest BCUT2D eigenvalue weighted by atomic mass is 19.1. The molecule has 17 heavy (non-hydrogen) atoms. The maximum Gasteiger partial charge on any atom is 0.125 e. The molecule has 0 radical (unpaired) electrons. The molecule has 0 spiro atoms. The van der Waals surface area contributed by atoms with Gasteiger partial charge < -0.3 is 4.57 Å². The van der Waals surface area contributed by atoms with Crippen molar-refractivity contribution in [2.75, 3.05) is 0 Å². The third-order valence-corrected chi connectivity index (χ3v) is 2.76. The molecule has 0 saturated heterocycles. The second-order valence-electron chi connectivity index (χ2n) is 3.87. The van der Waals surface area contributed by atoms with Gasteiger partial charge in [0.2, 0.25) is 0 Å². The molecule has 1 heterocycles. The van der Waals surface area contributed by atoms with Crippen LogP contribution in [0.2, 0.25) is 0 Å². The van der Waals surface area contributed by atoms with E-state index in [1.807, 2.05) is 16.8 Å². The molecule has 0 atom stereocenters. The maximum absolute atomic E-state index is 13.2. The molecule has 3 heteroatoms. The van der Waals surface area contributed by atoms with Crippen molar-refractivity contribution in [2.24, 2.45) is 0 Å². The fourth-order valence-electron chi connectivity index (χ4n) is 1.93. The number of rotatable bonds is 1. The van der Waals surface area contributed by atoms with Crippen LogP contribution in [0.15, 0.2) is 54.7 Å². The van der Waals surface area contributed by atoms with Gasteiger partial charge in [0.15, 0.2) is 0 Å². The lowest BCUT2D eigenvalue weighted by atomic mass is 10.2. The number of benzene rings is 2. The van der Waals surface area contributed by atoms with Gasteiger partial charge in [0.1, 0.15) is 11.6 Å². The molecule has 3 rings (SSSR count). The maximum atomic E-state index is 13.2. The summed E-state index contributed by atoms with van der Waals surface area (Å²) in [5.41, 5.74) is 1.59. The summed E-state index contributed by atoms with van der Waals surface area (Å²) in [6.45, 7) is 0. The number of halogens is 2. The Morgan fingerprint density at radius 1 is 0.765 bits per heavy atom. The van der Waals surface area contributed by atoms with Crippen LogP contribution < -0.4 is 0 Å². The highest BCUT2D eigenvalue weighted by molar-refractivity contribution is 5.81. The Morgan fingerprint density at radius 3 is 2.24 bits per heavy atom. The molecule has 0 unspecified atom stereocenters. The van der Waals surface area contributed by atoms with Crippen molar-refractivity contribution >= 4 is 10.9 Å². The van der Waals surface area contributed by atoms with Gasteiger partial charge in [-0.15, -0.1) is 0 Å². The molecule has 1 aromatic heterocycles. The highest BCUT2D eigenvalue weighted by Gasteiger charge is 2.04. The molecule has 84 valence electrons. The second kappa shape index (κ2) is 3.70. The Bertz CT molecular complexity index is 668. The van der Waals surface area contributed by atoms with E-state index in [2.05, 4.69) is 0 Å². The third-order valence-electron chi connectivity index (χ3n) is 2.76. The molecular weight excluding hydrogens is 220 g/mol. The van der Waals surface area contributed by atoms with E-state index in [0.717, 1.165) is 16.6 Å². The molecule has 2 aromatic carbocycles. The average molecular weight is 229 g/mol. The standard InChI is InChI=1S/C14H9F2N/c15-11-3-5-13(6-4-11)17-8-7-10-1-2-12(16)9-14(10)17/h1-9H. The fraction of sp³-hybridized carbons (Fsp3) is 0. The summed E-state index contributed by atoms with van der Waals surface area (Å²) in [7, 11) is 0. The summed E-state index contributed by atoms with van der Waals surface area (Å²) in [5.74, 6) is -0.559. The molecule has 0 aliphatic carbocycles. The SMILES string of the molecule is Fc1ccc(-n2ccc3ccc(F)cc32)cc1. The molecule has 0 saturated carbocycles. The van der Waals surface area contributed by atoms with Crippen LogP contribution in [0.3, 0.4) is 0 Å². The minimum atomic E-state index is -0.281. The fourth-order valence-corrected chi connectivity index (χ4v) is 1.93. The summed E-state index contributed by atoms with van der Waals surface area (Å²) >= 11 is 0. The van der Waals surface area contributed by atoms with Gasteiger partial charge >= 0.3 is 0 Å². The van der Waals surface area contributed by atoms with Crippen LogP contribution in [0, 0.1) is 11.6 Å². The van der Waals surface area contributed by atoms with E-state index in [4.69, 9.17) is 0 Å². The van der Waals surface area contributed by atoms with Crippen LogP contribution in [0.1, 0.15) is 0 Å².